The number of hydrogen-bond acceptors (Lipinski definition) is 1. The van der Waals surface area contributed by atoms with Gasteiger partial charge in [0, 0.05) is 8.41 Å². The molecule has 0 aromatic heterocycles. The molecule has 0 aromatic carbocycles. The molecule has 0 aliphatic carbocycles. The Kier molecular flexibility index (Phi) is 3.24. The molecule has 1 rings (SSSR count). The fourth-order valence-electron chi connectivity index (χ4n) is 0.625. The van der Waals surface area contributed by atoms with E-state index in [9.17, 15) is 0 Å². The molecule has 1 aliphatic heterocycles. The maximum absolute atomic E-state index is 3.22. The van der Waals surface area contributed by atoms with Crippen LogP contribution < -0.4 is 5.32 Å². The summed E-state index contributed by atoms with van der Waals surface area (Å²) in [6.07, 6.45) is 2.78. The Hall–Kier alpha value is 0.0249. The van der Waals surface area contributed by atoms with Crippen LogP contribution in [-0.2, 0) is 0 Å². The molecule has 6 heavy (non-hydrogen) atoms. The van der Waals surface area contributed by atoms with Crippen LogP contribution in [-0.4, -0.2) is 21.5 Å². The molecule has 0 unspecified atom stereocenters. The predicted octanol–water partition coefficient (Wildman–Crippen LogP) is -0.0110. The maximum Gasteiger partial charge on any atom is 0 e. The van der Waals surface area contributed by atoms with Crippen molar-refractivity contribution in [2.24, 2.45) is 0 Å². The first kappa shape index (κ1) is 6.02. The minimum absolute atomic E-state index is 0. The molecule has 1 N–H and O–H groups in total. The van der Waals surface area contributed by atoms with Crippen molar-refractivity contribution in [3.8, 4) is 0 Å². The molecule has 0 bridgehead atoms. The molecular weight excluding hydrogens is 72.9 g/mol. The second-order valence-electron chi connectivity index (χ2n) is 1.46. The van der Waals surface area contributed by atoms with Gasteiger partial charge in [-0.05, 0) is 25.9 Å². The van der Waals surface area contributed by atoms with E-state index in [1.807, 2.05) is 0 Å². The molecule has 0 atom stereocenters. The highest BCUT2D eigenvalue weighted by Crippen LogP contribution is 1.90. The highest BCUT2D eigenvalue weighted by atomic mass is 14.9. The van der Waals surface area contributed by atoms with Crippen molar-refractivity contribution in [2.45, 2.75) is 12.8 Å². The monoisotopic (exact) mass is 82.1 g/mol. The fourth-order valence-corrected chi connectivity index (χ4v) is 0.625. The second-order valence-corrected chi connectivity index (χ2v) is 1.46. The molecule has 0 spiro atoms. The Morgan fingerprint density at radius 3 is 1.67 bits per heavy atom. The minimum Gasteiger partial charge on any atom is -0.317 e. The molecule has 33 valence electrons. The van der Waals surface area contributed by atoms with Crippen LogP contribution in [0.4, 0.5) is 0 Å². The first-order chi connectivity index (χ1) is 2.50. The summed E-state index contributed by atoms with van der Waals surface area (Å²) in [7, 11) is 0. The van der Waals surface area contributed by atoms with Gasteiger partial charge in [0.25, 0.3) is 0 Å². The summed E-state index contributed by atoms with van der Waals surface area (Å²) < 4.78 is 0. The largest absolute Gasteiger partial charge is 0.317 e. The third-order valence-corrected chi connectivity index (χ3v) is 0.957. The molecule has 0 saturated carbocycles. The smallest absolute Gasteiger partial charge is 0 e. The SMILES string of the molecule is C1CCNC1.[B]. The summed E-state index contributed by atoms with van der Waals surface area (Å²) in [6, 6.07) is 0. The van der Waals surface area contributed by atoms with Gasteiger partial charge >= 0.3 is 0 Å². The third-order valence-electron chi connectivity index (χ3n) is 0.957. The Morgan fingerprint density at radius 1 is 1.00 bits per heavy atom. The molecule has 1 heterocycles. The van der Waals surface area contributed by atoms with Gasteiger partial charge in [-0.2, -0.15) is 0 Å². The molecule has 1 fully saturated rings. The molecule has 0 amide bonds. The van der Waals surface area contributed by atoms with Gasteiger partial charge in [0.15, 0.2) is 0 Å². The van der Waals surface area contributed by atoms with Crippen molar-refractivity contribution in [3.05, 3.63) is 0 Å². The molecule has 1 saturated heterocycles. The zero-order chi connectivity index (χ0) is 3.54. The minimum atomic E-state index is 0. The second kappa shape index (κ2) is 3.22. The van der Waals surface area contributed by atoms with Crippen molar-refractivity contribution in [1.29, 1.82) is 0 Å². The van der Waals surface area contributed by atoms with Crippen molar-refractivity contribution in [1.82, 2.24) is 5.32 Å². The average molecular weight is 81.9 g/mol. The van der Waals surface area contributed by atoms with Crippen molar-refractivity contribution >= 4 is 8.41 Å². The summed E-state index contributed by atoms with van der Waals surface area (Å²) in [5.41, 5.74) is 0. The first-order valence-electron chi connectivity index (χ1n) is 2.21. The molecule has 0 aromatic rings. The predicted molar refractivity (Wildman–Crippen MR) is 27.9 cm³/mol. The summed E-state index contributed by atoms with van der Waals surface area (Å²) in [5.74, 6) is 0. The standard InChI is InChI=1S/C4H9N.B/c1-2-4-5-3-1;/h5H,1-4H2;. The van der Waals surface area contributed by atoms with E-state index in [0.29, 0.717) is 0 Å². The molecule has 1 nitrogen and oxygen atoms in total. The zero-order valence-corrected chi connectivity index (χ0v) is 3.91. The van der Waals surface area contributed by atoms with Gasteiger partial charge in [-0.15, -0.1) is 0 Å². The Bertz CT molecular complexity index is 19.1. The van der Waals surface area contributed by atoms with Crippen molar-refractivity contribution < 1.29 is 0 Å². The van der Waals surface area contributed by atoms with E-state index in [2.05, 4.69) is 5.32 Å². The lowest BCUT2D eigenvalue weighted by Gasteiger charge is -1.76. The molecular formula is C4H9BN. The first-order valence-corrected chi connectivity index (χ1v) is 2.21. The van der Waals surface area contributed by atoms with E-state index >= 15 is 0 Å². The summed E-state index contributed by atoms with van der Waals surface area (Å²) in [6.45, 7) is 2.50. The Labute approximate surface area is 40.7 Å². The van der Waals surface area contributed by atoms with Crippen LogP contribution >= 0.6 is 0 Å². The fraction of sp³-hybridized carbons (Fsp3) is 1.00. The Morgan fingerprint density at radius 2 is 1.50 bits per heavy atom. The van der Waals surface area contributed by atoms with Crippen LogP contribution in [0, 0.1) is 0 Å². The van der Waals surface area contributed by atoms with E-state index in [0.717, 1.165) is 0 Å². The summed E-state index contributed by atoms with van der Waals surface area (Å²) in [5, 5.41) is 3.22. The lowest BCUT2D eigenvalue weighted by atomic mass is 10.4. The highest BCUT2D eigenvalue weighted by Gasteiger charge is 1.93. The van der Waals surface area contributed by atoms with E-state index in [1.54, 1.807) is 0 Å². The lowest BCUT2D eigenvalue weighted by Crippen LogP contribution is -2.03. The van der Waals surface area contributed by atoms with Gasteiger partial charge in [0.2, 0.25) is 0 Å². The van der Waals surface area contributed by atoms with Gasteiger partial charge in [-0.3, -0.25) is 0 Å². The molecule has 2 heteroatoms. The van der Waals surface area contributed by atoms with E-state index in [1.165, 1.54) is 25.9 Å². The van der Waals surface area contributed by atoms with Gasteiger partial charge in [0.1, 0.15) is 0 Å². The normalized spacial score (nSPS) is 20.0. The molecule has 3 radical (unpaired) electrons. The number of nitrogens with one attached hydrogen (secondary N) is 1. The lowest BCUT2D eigenvalue weighted by molar-refractivity contribution is 0.857. The van der Waals surface area contributed by atoms with Crippen molar-refractivity contribution in [3.63, 3.8) is 0 Å². The quantitative estimate of drug-likeness (QED) is 0.405. The number of rotatable bonds is 0. The summed E-state index contributed by atoms with van der Waals surface area (Å²) >= 11 is 0. The summed E-state index contributed by atoms with van der Waals surface area (Å²) in [4.78, 5) is 0. The van der Waals surface area contributed by atoms with Crippen LogP contribution in [0.1, 0.15) is 12.8 Å². The highest BCUT2D eigenvalue weighted by molar-refractivity contribution is 5.75. The van der Waals surface area contributed by atoms with E-state index < -0.39 is 0 Å². The Balaban J connectivity index is 0.000000250. The topological polar surface area (TPSA) is 12.0 Å². The van der Waals surface area contributed by atoms with Gasteiger partial charge in [0.05, 0.1) is 0 Å². The van der Waals surface area contributed by atoms with Crippen LogP contribution in [0.2, 0.25) is 0 Å². The average Bonchev–Trinajstić information content (AvgIpc) is 1.76. The molecule has 1 aliphatic rings. The van der Waals surface area contributed by atoms with E-state index in [-0.39, 0.29) is 8.41 Å². The van der Waals surface area contributed by atoms with Crippen LogP contribution in [0.25, 0.3) is 0 Å². The van der Waals surface area contributed by atoms with Crippen LogP contribution in [0.15, 0.2) is 0 Å². The third kappa shape index (κ3) is 1.46. The van der Waals surface area contributed by atoms with Gasteiger partial charge in [-0.25, -0.2) is 0 Å². The van der Waals surface area contributed by atoms with Crippen LogP contribution in [0.5, 0.6) is 0 Å². The van der Waals surface area contributed by atoms with E-state index in [4.69, 9.17) is 0 Å². The van der Waals surface area contributed by atoms with Crippen LogP contribution in [0.3, 0.4) is 0 Å². The van der Waals surface area contributed by atoms with Gasteiger partial charge in [-0.1, -0.05) is 0 Å². The maximum atomic E-state index is 3.22. The zero-order valence-electron chi connectivity index (χ0n) is 3.91. The van der Waals surface area contributed by atoms with Gasteiger partial charge < -0.3 is 5.32 Å². The van der Waals surface area contributed by atoms with Crippen molar-refractivity contribution in [2.75, 3.05) is 13.1 Å². The number of hydrogen-bond donors (Lipinski definition) is 1.